The standard InChI is InChI=1S/C31H40ClF3N2O3S/c1-3-4-5-6-7-8-9-10-12-39-27-16-22-15-24(37-26(22)19-36-27)18-30(38,31(33,34)35)20-29(2,41)25-17-23(32)14-21-11-13-40-28(21)25/h14-17,19,37-38,41H,3-13,18,20H2,1-2H3. The number of fused-ring (bicyclic) bond motifs is 2. The van der Waals surface area contributed by atoms with Crippen molar-refractivity contribution in [3.8, 4) is 11.6 Å². The van der Waals surface area contributed by atoms with Crippen molar-refractivity contribution in [3.05, 3.63) is 52.3 Å². The Morgan fingerprint density at radius 3 is 2.49 bits per heavy atom. The molecule has 0 saturated carbocycles. The van der Waals surface area contributed by atoms with Gasteiger partial charge >= 0.3 is 6.18 Å². The maximum atomic E-state index is 14.4. The molecule has 3 aromatic rings. The van der Waals surface area contributed by atoms with Crippen LogP contribution in [0.15, 0.2) is 30.5 Å². The van der Waals surface area contributed by atoms with Crippen molar-refractivity contribution in [2.75, 3.05) is 13.2 Å². The number of aliphatic hydroxyl groups is 1. The fraction of sp³-hybridized carbons (Fsp3) is 0.581. The van der Waals surface area contributed by atoms with E-state index >= 15 is 0 Å². The molecule has 3 heterocycles. The highest BCUT2D eigenvalue weighted by Crippen LogP contribution is 2.49. The Balaban J connectivity index is 1.42. The topological polar surface area (TPSA) is 67.4 Å². The molecule has 1 aliphatic rings. The van der Waals surface area contributed by atoms with Gasteiger partial charge in [-0.2, -0.15) is 25.8 Å². The molecule has 0 fully saturated rings. The largest absolute Gasteiger partial charge is 0.493 e. The third kappa shape index (κ3) is 8.05. The van der Waals surface area contributed by atoms with Crippen LogP contribution in [-0.4, -0.2) is 40.1 Å². The first-order chi connectivity index (χ1) is 19.4. The molecule has 0 bridgehead atoms. The maximum Gasteiger partial charge on any atom is 0.417 e. The molecule has 2 N–H and O–H groups in total. The zero-order chi connectivity index (χ0) is 29.7. The number of thiol groups is 1. The van der Waals surface area contributed by atoms with Crippen LogP contribution in [0.4, 0.5) is 13.2 Å². The highest BCUT2D eigenvalue weighted by atomic mass is 35.5. The van der Waals surface area contributed by atoms with Crippen LogP contribution in [0.5, 0.6) is 11.6 Å². The molecule has 0 radical (unpaired) electrons. The zero-order valence-corrected chi connectivity index (χ0v) is 25.4. The first kappa shape index (κ1) is 31.8. The molecule has 10 heteroatoms. The van der Waals surface area contributed by atoms with Crippen LogP contribution in [0.1, 0.15) is 88.5 Å². The van der Waals surface area contributed by atoms with Crippen LogP contribution in [0, 0.1) is 0 Å². The summed E-state index contributed by atoms with van der Waals surface area (Å²) in [5, 5.41) is 12.2. The molecule has 226 valence electrons. The first-order valence-electron chi connectivity index (χ1n) is 14.5. The summed E-state index contributed by atoms with van der Waals surface area (Å²) < 4.78 is 53.4. The lowest BCUT2D eigenvalue weighted by atomic mass is 9.82. The molecule has 2 aromatic heterocycles. The van der Waals surface area contributed by atoms with Gasteiger partial charge in [-0.25, -0.2) is 4.98 Å². The van der Waals surface area contributed by atoms with Crippen molar-refractivity contribution in [3.63, 3.8) is 0 Å². The fourth-order valence-electron chi connectivity index (χ4n) is 5.57. The first-order valence-corrected chi connectivity index (χ1v) is 15.3. The van der Waals surface area contributed by atoms with Crippen molar-refractivity contribution < 1.29 is 27.8 Å². The Morgan fingerprint density at radius 2 is 1.78 bits per heavy atom. The zero-order valence-electron chi connectivity index (χ0n) is 23.7. The minimum atomic E-state index is -4.92. The Labute approximate surface area is 250 Å². The van der Waals surface area contributed by atoms with E-state index in [0.717, 1.165) is 18.4 Å². The number of H-pyrrole nitrogens is 1. The minimum absolute atomic E-state index is 0.235. The van der Waals surface area contributed by atoms with Gasteiger partial charge in [0.1, 0.15) is 5.75 Å². The summed E-state index contributed by atoms with van der Waals surface area (Å²) in [6, 6.07) is 6.63. The Morgan fingerprint density at radius 1 is 1.07 bits per heavy atom. The van der Waals surface area contributed by atoms with Crippen LogP contribution in [-0.2, 0) is 17.6 Å². The van der Waals surface area contributed by atoms with E-state index in [1.54, 1.807) is 37.4 Å². The lowest BCUT2D eigenvalue weighted by Gasteiger charge is -2.37. The van der Waals surface area contributed by atoms with Crippen molar-refractivity contribution in [2.45, 2.75) is 101 Å². The average Bonchev–Trinajstić information content (AvgIpc) is 3.52. The molecule has 2 atom stereocenters. The van der Waals surface area contributed by atoms with Crippen LogP contribution >= 0.6 is 24.2 Å². The predicted molar refractivity (Wildman–Crippen MR) is 161 cm³/mol. The third-order valence-electron chi connectivity index (χ3n) is 7.76. The van der Waals surface area contributed by atoms with E-state index in [0.29, 0.717) is 52.8 Å². The molecule has 5 nitrogen and oxygen atoms in total. The van der Waals surface area contributed by atoms with Crippen molar-refractivity contribution in [1.29, 1.82) is 0 Å². The van der Waals surface area contributed by atoms with Gasteiger partial charge in [0.15, 0.2) is 5.60 Å². The minimum Gasteiger partial charge on any atom is -0.493 e. The predicted octanol–water partition coefficient (Wildman–Crippen LogP) is 8.74. The van der Waals surface area contributed by atoms with E-state index in [4.69, 9.17) is 21.1 Å². The number of alkyl halides is 3. The second-order valence-corrected chi connectivity index (χ2v) is 12.8. The molecular formula is C31H40ClF3N2O3S. The Kier molecular flexibility index (Phi) is 10.5. The highest BCUT2D eigenvalue weighted by Gasteiger charge is 2.56. The summed E-state index contributed by atoms with van der Waals surface area (Å²) in [6.07, 6.45) is 5.40. The van der Waals surface area contributed by atoms with Crippen molar-refractivity contribution >= 4 is 35.1 Å². The number of aromatic amines is 1. The van der Waals surface area contributed by atoms with Gasteiger partial charge in [-0.05, 0) is 37.1 Å². The number of pyridine rings is 1. The number of halogens is 4. The number of nitrogens with one attached hydrogen (secondary N) is 1. The molecule has 41 heavy (non-hydrogen) atoms. The number of hydrogen-bond donors (Lipinski definition) is 3. The molecule has 2 unspecified atom stereocenters. The van der Waals surface area contributed by atoms with Gasteiger partial charge in [-0.1, -0.05) is 63.5 Å². The van der Waals surface area contributed by atoms with Gasteiger partial charge in [0.05, 0.1) is 24.9 Å². The second kappa shape index (κ2) is 13.5. The maximum absolute atomic E-state index is 14.4. The van der Waals surface area contributed by atoms with Crippen LogP contribution in [0.3, 0.4) is 0 Å². The molecular weight excluding hydrogens is 573 g/mol. The van der Waals surface area contributed by atoms with Crippen molar-refractivity contribution in [2.24, 2.45) is 0 Å². The monoisotopic (exact) mass is 612 g/mol. The lowest BCUT2D eigenvalue weighted by Crippen LogP contribution is -2.50. The summed E-state index contributed by atoms with van der Waals surface area (Å²) in [6.45, 7) is 4.72. The number of ether oxygens (including phenoxy) is 2. The number of unbranched alkanes of at least 4 members (excludes halogenated alkanes) is 7. The van der Waals surface area contributed by atoms with Gasteiger partial charge in [-0.3, -0.25) is 0 Å². The normalized spacial score (nSPS) is 16.3. The van der Waals surface area contributed by atoms with Crippen LogP contribution in [0.2, 0.25) is 5.02 Å². The smallest absolute Gasteiger partial charge is 0.417 e. The number of hydrogen-bond acceptors (Lipinski definition) is 5. The van der Waals surface area contributed by atoms with Gasteiger partial charge in [-0.15, -0.1) is 0 Å². The van der Waals surface area contributed by atoms with Crippen LogP contribution < -0.4 is 9.47 Å². The highest BCUT2D eigenvalue weighted by molar-refractivity contribution is 7.81. The molecule has 0 aliphatic carbocycles. The van der Waals surface area contributed by atoms with E-state index in [2.05, 4.69) is 29.5 Å². The van der Waals surface area contributed by atoms with E-state index < -0.39 is 29.4 Å². The summed E-state index contributed by atoms with van der Waals surface area (Å²) >= 11 is 10.9. The quantitative estimate of drug-likeness (QED) is 0.119. The molecule has 0 spiro atoms. The summed E-state index contributed by atoms with van der Waals surface area (Å²) in [7, 11) is 0. The average molecular weight is 613 g/mol. The van der Waals surface area contributed by atoms with E-state index in [9.17, 15) is 18.3 Å². The van der Waals surface area contributed by atoms with Crippen molar-refractivity contribution in [1.82, 2.24) is 9.97 Å². The number of benzene rings is 1. The Hall–Kier alpha value is -2.10. The van der Waals surface area contributed by atoms with E-state index in [1.807, 2.05) is 0 Å². The number of nitrogens with zero attached hydrogens (tertiary/aromatic N) is 1. The number of aromatic nitrogens is 2. The Bertz CT molecular complexity index is 1310. The van der Waals surface area contributed by atoms with Crippen LogP contribution in [0.25, 0.3) is 10.9 Å². The summed E-state index contributed by atoms with van der Waals surface area (Å²) in [5.41, 5.74) is -1.01. The molecule has 0 saturated heterocycles. The summed E-state index contributed by atoms with van der Waals surface area (Å²) in [5.74, 6) is 0.919. The van der Waals surface area contributed by atoms with E-state index in [-0.39, 0.29) is 5.69 Å². The number of rotatable bonds is 15. The summed E-state index contributed by atoms with van der Waals surface area (Å²) in [4.78, 5) is 7.28. The van der Waals surface area contributed by atoms with Gasteiger partial charge in [0.25, 0.3) is 0 Å². The second-order valence-electron chi connectivity index (χ2n) is 11.4. The third-order valence-corrected chi connectivity index (χ3v) is 8.38. The van der Waals surface area contributed by atoms with Gasteiger partial charge in [0, 0.05) is 51.7 Å². The molecule has 4 rings (SSSR count). The van der Waals surface area contributed by atoms with Gasteiger partial charge < -0.3 is 19.6 Å². The van der Waals surface area contributed by atoms with Gasteiger partial charge in [0.2, 0.25) is 5.88 Å². The SMILES string of the molecule is CCCCCCCCCCOc1cc2cc(CC(O)(CC(C)(S)c3cc(Cl)cc4c3OCC4)C(F)(F)F)[nH]c2cn1. The fourth-order valence-corrected chi connectivity index (χ4v) is 6.24. The molecule has 0 amide bonds. The molecule has 1 aliphatic heterocycles. The lowest BCUT2D eigenvalue weighted by molar-refractivity contribution is -0.264. The molecule has 1 aromatic carbocycles. The van der Waals surface area contributed by atoms with E-state index in [1.165, 1.54) is 38.5 Å².